The molecule has 0 bridgehead atoms. The van der Waals surface area contributed by atoms with Gasteiger partial charge in [-0.25, -0.2) is 0 Å². The predicted octanol–water partition coefficient (Wildman–Crippen LogP) is 2.78. The maximum absolute atomic E-state index is 11.0. The molecule has 0 spiro atoms. The lowest BCUT2D eigenvalue weighted by atomic mass is 10.1. The second kappa shape index (κ2) is 7.35. The fourth-order valence-corrected chi connectivity index (χ4v) is 2.37. The molecule has 5 nitrogen and oxygen atoms in total. The van der Waals surface area contributed by atoms with Crippen LogP contribution >= 0.6 is 11.8 Å². The van der Waals surface area contributed by atoms with Gasteiger partial charge in [0.05, 0.1) is 15.9 Å². The summed E-state index contributed by atoms with van der Waals surface area (Å²) in [5.74, 6) is 0.767. The van der Waals surface area contributed by atoms with Gasteiger partial charge in [0.25, 0.3) is 5.69 Å². The van der Waals surface area contributed by atoms with Gasteiger partial charge in [-0.05, 0) is 25.0 Å². The van der Waals surface area contributed by atoms with Crippen LogP contribution in [0.4, 0.5) is 5.69 Å². The molecule has 1 aromatic carbocycles. The van der Waals surface area contributed by atoms with E-state index in [4.69, 9.17) is 4.74 Å². The Kier molecular flexibility index (Phi) is 6.11. The van der Waals surface area contributed by atoms with Gasteiger partial charge in [0.15, 0.2) is 0 Å². The Labute approximate surface area is 110 Å². The molecule has 1 aromatic rings. The standard InChI is InChI=1S/C12H17NO4S/c1-9(14)10-4-5-12(11(8-10)13(15)16)18-7-3-6-17-2/h4-5,8-9,14H,3,6-7H2,1-2H3. The van der Waals surface area contributed by atoms with Crippen LogP contribution in [0.2, 0.25) is 0 Å². The average Bonchev–Trinajstić information content (AvgIpc) is 2.34. The summed E-state index contributed by atoms with van der Waals surface area (Å²) in [6, 6.07) is 4.84. The van der Waals surface area contributed by atoms with Gasteiger partial charge in [-0.2, -0.15) is 0 Å². The van der Waals surface area contributed by atoms with E-state index in [1.165, 1.54) is 17.8 Å². The maximum Gasteiger partial charge on any atom is 0.283 e. The molecule has 0 saturated heterocycles. The molecule has 0 saturated carbocycles. The molecule has 100 valence electrons. The molecule has 18 heavy (non-hydrogen) atoms. The number of nitro benzene ring substituents is 1. The first kappa shape index (κ1) is 14.9. The number of nitro groups is 1. The summed E-state index contributed by atoms with van der Waals surface area (Å²) < 4.78 is 4.93. The summed E-state index contributed by atoms with van der Waals surface area (Å²) in [5.41, 5.74) is 0.610. The molecule has 0 amide bonds. The number of thioether (sulfide) groups is 1. The minimum absolute atomic E-state index is 0.0517. The third-order valence-corrected chi connectivity index (χ3v) is 3.56. The maximum atomic E-state index is 11.0. The molecular formula is C12H17NO4S. The van der Waals surface area contributed by atoms with Crippen LogP contribution in [0.5, 0.6) is 0 Å². The highest BCUT2D eigenvalue weighted by molar-refractivity contribution is 7.99. The monoisotopic (exact) mass is 271 g/mol. The normalized spacial score (nSPS) is 12.4. The second-order valence-corrected chi connectivity index (χ2v) is 4.99. The van der Waals surface area contributed by atoms with Crippen molar-refractivity contribution in [2.45, 2.75) is 24.3 Å². The quantitative estimate of drug-likeness (QED) is 0.357. The van der Waals surface area contributed by atoms with Crippen LogP contribution in [0.15, 0.2) is 23.1 Å². The summed E-state index contributed by atoms with van der Waals surface area (Å²) in [5, 5.41) is 20.4. The van der Waals surface area contributed by atoms with Gasteiger partial charge >= 0.3 is 0 Å². The Morgan fingerprint density at radius 3 is 2.83 bits per heavy atom. The molecule has 1 N–H and O–H groups in total. The average molecular weight is 271 g/mol. The van der Waals surface area contributed by atoms with Crippen LogP contribution in [0.25, 0.3) is 0 Å². The molecular weight excluding hydrogens is 254 g/mol. The van der Waals surface area contributed by atoms with Crippen LogP contribution in [0.3, 0.4) is 0 Å². The zero-order valence-electron chi connectivity index (χ0n) is 10.5. The number of hydrogen-bond donors (Lipinski definition) is 1. The minimum atomic E-state index is -0.698. The van der Waals surface area contributed by atoms with Gasteiger partial charge in [0.2, 0.25) is 0 Å². The molecule has 0 aliphatic rings. The number of nitrogens with zero attached hydrogens (tertiary/aromatic N) is 1. The van der Waals surface area contributed by atoms with Crippen molar-refractivity contribution < 1.29 is 14.8 Å². The Bertz CT molecular complexity index is 409. The van der Waals surface area contributed by atoms with Crippen molar-refractivity contribution in [3.63, 3.8) is 0 Å². The van der Waals surface area contributed by atoms with Crippen LogP contribution in [0.1, 0.15) is 25.0 Å². The molecule has 0 radical (unpaired) electrons. The minimum Gasteiger partial charge on any atom is -0.389 e. The number of benzene rings is 1. The topological polar surface area (TPSA) is 72.6 Å². The Morgan fingerprint density at radius 1 is 1.56 bits per heavy atom. The number of ether oxygens (including phenoxy) is 1. The van der Waals surface area contributed by atoms with Gasteiger partial charge in [0, 0.05) is 25.5 Å². The number of aliphatic hydroxyl groups excluding tert-OH is 1. The Hall–Kier alpha value is -1.11. The first-order valence-corrected chi connectivity index (χ1v) is 6.63. The third-order valence-electron chi connectivity index (χ3n) is 2.41. The Morgan fingerprint density at radius 2 is 2.28 bits per heavy atom. The highest BCUT2D eigenvalue weighted by atomic mass is 32.2. The SMILES string of the molecule is COCCCSc1ccc(C(C)O)cc1[N+](=O)[O-]. The van der Waals surface area contributed by atoms with E-state index in [1.807, 2.05) is 0 Å². The van der Waals surface area contributed by atoms with Gasteiger partial charge in [-0.1, -0.05) is 6.07 Å². The fraction of sp³-hybridized carbons (Fsp3) is 0.500. The van der Waals surface area contributed by atoms with Crippen molar-refractivity contribution >= 4 is 17.4 Å². The summed E-state index contributed by atoms with van der Waals surface area (Å²) in [6.45, 7) is 2.23. The lowest BCUT2D eigenvalue weighted by Gasteiger charge is -2.07. The summed E-state index contributed by atoms with van der Waals surface area (Å²) in [6.07, 6.45) is 0.146. The van der Waals surface area contributed by atoms with E-state index in [0.29, 0.717) is 17.1 Å². The highest BCUT2D eigenvalue weighted by Crippen LogP contribution is 2.32. The molecule has 1 rings (SSSR count). The third kappa shape index (κ3) is 4.29. The van der Waals surface area contributed by atoms with Crippen molar-refractivity contribution in [1.29, 1.82) is 0 Å². The van der Waals surface area contributed by atoms with Gasteiger partial charge < -0.3 is 9.84 Å². The summed E-state index contributed by atoms with van der Waals surface area (Å²) in [7, 11) is 1.63. The van der Waals surface area contributed by atoms with Crippen molar-refractivity contribution in [1.82, 2.24) is 0 Å². The van der Waals surface area contributed by atoms with Gasteiger partial charge in [-0.15, -0.1) is 11.8 Å². The number of methoxy groups -OCH3 is 1. The van der Waals surface area contributed by atoms with Crippen molar-refractivity contribution in [2.75, 3.05) is 19.5 Å². The highest BCUT2D eigenvalue weighted by Gasteiger charge is 2.16. The molecule has 1 atom stereocenters. The zero-order chi connectivity index (χ0) is 13.5. The molecule has 0 aliphatic heterocycles. The number of rotatable bonds is 7. The summed E-state index contributed by atoms with van der Waals surface area (Å²) in [4.78, 5) is 11.2. The fourth-order valence-electron chi connectivity index (χ4n) is 1.44. The molecule has 0 aliphatic carbocycles. The predicted molar refractivity (Wildman–Crippen MR) is 70.9 cm³/mol. The second-order valence-electron chi connectivity index (χ2n) is 3.86. The largest absolute Gasteiger partial charge is 0.389 e. The van der Waals surface area contributed by atoms with E-state index in [1.54, 1.807) is 26.2 Å². The van der Waals surface area contributed by atoms with Crippen LogP contribution in [0, 0.1) is 10.1 Å². The lowest BCUT2D eigenvalue weighted by molar-refractivity contribution is -0.387. The van der Waals surface area contributed by atoms with Crippen molar-refractivity contribution in [3.8, 4) is 0 Å². The smallest absolute Gasteiger partial charge is 0.283 e. The first-order valence-electron chi connectivity index (χ1n) is 5.64. The van der Waals surface area contributed by atoms with Crippen LogP contribution < -0.4 is 0 Å². The number of aliphatic hydroxyl groups is 1. The molecule has 0 fully saturated rings. The number of hydrogen-bond acceptors (Lipinski definition) is 5. The van der Waals surface area contributed by atoms with Crippen molar-refractivity contribution in [2.24, 2.45) is 0 Å². The van der Waals surface area contributed by atoms with Crippen molar-refractivity contribution in [3.05, 3.63) is 33.9 Å². The van der Waals surface area contributed by atoms with Crippen LogP contribution in [-0.2, 0) is 4.74 Å². The first-order chi connectivity index (χ1) is 8.56. The lowest BCUT2D eigenvalue weighted by Crippen LogP contribution is -1.97. The van der Waals surface area contributed by atoms with E-state index < -0.39 is 11.0 Å². The van der Waals surface area contributed by atoms with E-state index in [-0.39, 0.29) is 5.69 Å². The van der Waals surface area contributed by atoms with E-state index in [0.717, 1.165) is 12.2 Å². The Balaban J connectivity index is 2.80. The molecule has 0 heterocycles. The van der Waals surface area contributed by atoms with E-state index in [9.17, 15) is 15.2 Å². The summed E-state index contributed by atoms with van der Waals surface area (Å²) >= 11 is 1.43. The zero-order valence-corrected chi connectivity index (χ0v) is 11.3. The van der Waals surface area contributed by atoms with E-state index >= 15 is 0 Å². The van der Waals surface area contributed by atoms with Crippen LogP contribution in [-0.4, -0.2) is 29.5 Å². The van der Waals surface area contributed by atoms with E-state index in [2.05, 4.69) is 0 Å². The molecule has 0 aromatic heterocycles. The molecule has 1 unspecified atom stereocenters. The van der Waals surface area contributed by atoms with Gasteiger partial charge in [0.1, 0.15) is 0 Å². The molecule has 6 heteroatoms. The van der Waals surface area contributed by atoms with Gasteiger partial charge in [-0.3, -0.25) is 10.1 Å².